The average molecular weight is 494 g/mol. The molecule has 192 valence electrons. The first-order valence-corrected chi connectivity index (χ1v) is 12.7. The molecule has 0 radical (unpaired) electrons. The van der Waals surface area contributed by atoms with Gasteiger partial charge in [0.1, 0.15) is 17.5 Å². The summed E-state index contributed by atoms with van der Waals surface area (Å²) in [6.07, 6.45) is 4.37. The zero-order chi connectivity index (χ0) is 25.5. The number of hydrogen-bond acceptors (Lipinski definition) is 5. The van der Waals surface area contributed by atoms with E-state index < -0.39 is 6.04 Å². The lowest BCUT2D eigenvalue weighted by atomic mass is 9.87. The predicted molar refractivity (Wildman–Crippen MR) is 136 cm³/mol. The van der Waals surface area contributed by atoms with Gasteiger partial charge in [0.05, 0.1) is 14.2 Å². The van der Waals surface area contributed by atoms with Crippen LogP contribution in [-0.2, 0) is 4.79 Å². The van der Waals surface area contributed by atoms with Gasteiger partial charge in [-0.05, 0) is 80.5 Å². The summed E-state index contributed by atoms with van der Waals surface area (Å²) in [6.45, 7) is 2.51. The van der Waals surface area contributed by atoms with E-state index in [2.05, 4.69) is 5.32 Å². The van der Waals surface area contributed by atoms with Crippen molar-refractivity contribution in [2.75, 3.05) is 40.4 Å². The smallest absolute Gasteiger partial charge is 0.253 e. The maximum absolute atomic E-state index is 13.6. The Morgan fingerprint density at radius 1 is 0.806 bits per heavy atom. The molecule has 2 fully saturated rings. The second kappa shape index (κ2) is 11.9. The third kappa shape index (κ3) is 5.98. The Morgan fingerprint density at radius 2 is 1.47 bits per heavy atom. The van der Waals surface area contributed by atoms with Crippen LogP contribution >= 0.6 is 0 Å². The second-order valence-electron chi connectivity index (χ2n) is 9.43. The van der Waals surface area contributed by atoms with Crippen molar-refractivity contribution in [2.24, 2.45) is 5.92 Å². The number of methoxy groups -OCH3 is 2. The zero-order valence-corrected chi connectivity index (χ0v) is 21.1. The SMILES string of the molecule is COc1ccc(C(=O)N[C@H](C(=O)N2CCCCC2)C2CCN(C(=O)c3cccc(OC)c3)CC2)cc1. The molecule has 0 saturated carbocycles. The first-order chi connectivity index (χ1) is 17.5. The summed E-state index contributed by atoms with van der Waals surface area (Å²) >= 11 is 0. The van der Waals surface area contributed by atoms with E-state index in [0.29, 0.717) is 48.6 Å². The molecule has 2 aliphatic rings. The molecule has 0 unspecified atom stereocenters. The van der Waals surface area contributed by atoms with Gasteiger partial charge >= 0.3 is 0 Å². The molecule has 2 saturated heterocycles. The number of carbonyl (C=O) groups excluding carboxylic acids is 3. The van der Waals surface area contributed by atoms with E-state index in [1.165, 1.54) is 0 Å². The Hall–Kier alpha value is -3.55. The fourth-order valence-corrected chi connectivity index (χ4v) is 5.03. The molecule has 2 heterocycles. The van der Waals surface area contributed by atoms with Gasteiger partial charge < -0.3 is 24.6 Å². The highest BCUT2D eigenvalue weighted by atomic mass is 16.5. The van der Waals surface area contributed by atoms with Gasteiger partial charge in [-0.15, -0.1) is 0 Å². The van der Waals surface area contributed by atoms with Crippen molar-refractivity contribution in [1.82, 2.24) is 15.1 Å². The van der Waals surface area contributed by atoms with E-state index >= 15 is 0 Å². The number of hydrogen-bond donors (Lipinski definition) is 1. The average Bonchev–Trinajstić information content (AvgIpc) is 2.95. The molecular weight excluding hydrogens is 458 g/mol. The molecule has 1 atom stereocenters. The summed E-state index contributed by atoms with van der Waals surface area (Å²) in [5, 5.41) is 3.04. The van der Waals surface area contributed by atoms with Crippen LogP contribution in [0.15, 0.2) is 48.5 Å². The van der Waals surface area contributed by atoms with E-state index in [9.17, 15) is 14.4 Å². The third-order valence-corrected chi connectivity index (χ3v) is 7.19. The van der Waals surface area contributed by atoms with Crippen molar-refractivity contribution in [3.05, 3.63) is 59.7 Å². The zero-order valence-electron chi connectivity index (χ0n) is 21.1. The molecule has 8 nitrogen and oxygen atoms in total. The number of nitrogens with one attached hydrogen (secondary N) is 1. The molecule has 0 bridgehead atoms. The van der Waals surface area contributed by atoms with Gasteiger partial charge in [-0.1, -0.05) is 6.07 Å². The van der Waals surface area contributed by atoms with Crippen LogP contribution in [0.3, 0.4) is 0 Å². The summed E-state index contributed by atoms with van der Waals surface area (Å²) in [4.78, 5) is 43.4. The van der Waals surface area contributed by atoms with Gasteiger partial charge in [-0.3, -0.25) is 14.4 Å². The number of piperidine rings is 2. The van der Waals surface area contributed by atoms with Crippen LogP contribution in [0, 0.1) is 5.92 Å². The van der Waals surface area contributed by atoms with Gasteiger partial charge in [0.2, 0.25) is 5.91 Å². The van der Waals surface area contributed by atoms with Crippen LogP contribution in [-0.4, -0.2) is 74.0 Å². The molecule has 0 spiro atoms. The Kier molecular flexibility index (Phi) is 8.46. The Labute approximate surface area is 212 Å². The molecule has 4 rings (SSSR count). The van der Waals surface area contributed by atoms with E-state index in [1.54, 1.807) is 56.7 Å². The monoisotopic (exact) mass is 493 g/mol. The molecule has 2 aromatic carbocycles. The van der Waals surface area contributed by atoms with Crippen LogP contribution in [0.2, 0.25) is 0 Å². The summed E-state index contributed by atoms with van der Waals surface area (Å²) in [6, 6.07) is 13.4. The van der Waals surface area contributed by atoms with Gasteiger partial charge in [0, 0.05) is 37.3 Å². The molecule has 36 heavy (non-hydrogen) atoms. The number of rotatable bonds is 7. The minimum atomic E-state index is -0.619. The summed E-state index contributed by atoms with van der Waals surface area (Å²) in [7, 11) is 3.16. The number of benzene rings is 2. The van der Waals surface area contributed by atoms with Crippen LogP contribution in [0.5, 0.6) is 11.5 Å². The van der Waals surface area contributed by atoms with E-state index in [1.807, 2.05) is 15.9 Å². The minimum Gasteiger partial charge on any atom is -0.497 e. The fourth-order valence-electron chi connectivity index (χ4n) is 5.03. The fraction of sp³-hybridized carbons (Fsp3) is 0.464. The standard InChI is InChI=1S/C28H35N3O5/c1-35-23-11-9-21(10-12-23)26(32)29-25(28(34)30-15-4-3-5-16-30)20-13-17-31(18-14-20)27(33)22-7-6-8-24(19-22)36-2/h6-12,19-20,25H,3-5,13-18H2,1-2H3,(H,29,32)/t25-/m0/s1. The number of amides is 3. The molecule has 2 aromatic rings. The Balaban J connectivity index is 1.46. The molecule has 8 heteroatoms. The molecular formula is C28H35N3O5. The molecule has 0 aliphatic carbocycles. The topological polar surface area (TPSA) is 88.2 Å². The van der Waals surface area contributed by atoms with Crippen molar-refractivity contribution in [3.8, 4) is 11.5 Å². The highest BCUT2D eigenvalue weighted by Gasteiger charge is 2.36. The first-order valence-electron chi connectivity index (χ1n) is 12.7. The number of nitrogens with zero attached hydrogens (tertiary/aromatic N) is 2. The Morgan fingerprint density at radius 3 is 2.11 bits per heavy atom. The summed E-state index contributed by atoms with van der Waals surface area (Å²) in [5.74, 6) is 0.922. The minimum absolute atomic E-state index is 0.0193. The maximum atomic E-state index is 13.6. The lowest BCUT2D eigenvalue weighted by Gasteiger charge is -2.38. The van der Waals surface area contributed by atoms with Gasteiger partial charge in [-0.2, -0.15) is 0 Å². The van der Waals surface area contributed by atoms with E-state index in [4.69, 9.17) is 9.47 Å². The highest BCUT2D eigenvalue weighted by molar-refractivity contribution is 5.98. The highest BCUT2D eigenvalue weighted by Crippen LogP contribution is 2.26. The number of likely N-dealkylation sites (tertiary alicyclic amines) is 2. The van der Waals surface area contributed by atoms with Crippen molar-refractivity contribution in [3.63, 3.8) is 0 Å². The predicted octanol–water partition coefficient (Wildman–Crippen LogP) is 3.37. The third-order valence-electron chi connectivity index (χ3n) is 7.19. The lowest BCUT2D eigenvalue weighted by Crippen LogP contribution is -2.55. The summed E-state index contributed by atoms with van der Waals surface area (Å²) < 4.78 is 10.4. The normalized spacial score (nSPS) is 17.3. The van der Waals surface area contributed by atoms with Crippen LogP contribution in [0.25, 0.3) is 0 Å². The van der Waals surface area contributed by atoms with Crippen LogP contribution < -0.4 is 14.8 Å². The quantitative estimate of drug-likeness (QED) is 0.639. The van der Waals surface area contributed by atoms with Crippen molar-refractivity contribution >= 4 is 17.7 Å². The molecule has 0 aromatic heterocycles. The van der Waals surface area contributed by atoms with E-state index in [-0.39, 0.29) is 23.6 Å². The van der Waals surface area contributed by atoms with Crippen molar-refractivity contribution in [1.29, 1.82) is 0 Å². The first kappa shape index (κ1) is 25.5. The molecule has 1 N–H and O–H groups in total. The largest absolute Gasteiger partial charge is 0.497 e. The van der Waals surface area contributed by atoms with Gasteiger partial charge in [0.15, 0.2) is 0 Å². The Bertz CT molecular complexity index is 1060. The molecule has 3 amide bonds. The van der Waals surface area contributed by atoms with Crippen molar-refractivity contribution in [2.45, 2.75) is 38.1 Å². The lowest BCUT2D eigenvalue weighted by molar-refractivity contribution is -0.136. The second-order valence-corrected chi connectivity index (χ2v) is 9.43. The van der Waals surface area contributed by atoms with Gasteiger partial charge in [0.25, 0.3) is 11.8 Å². The number of ether oxygens (including phenoxy) is 2. The van der Waals surface area contributed by atoms with E-state index in [0.717, 1.165) is 32.4 Å². The summed E-state index contributed by atoms with van der Waals surface area (Å²) in [5.41, 5.74) is 1.07. The number of carbonyl (C=O) groups is 3. The van der Waals surface area contributed by atoms with Gasteiger partial charge in [-0.25, -0.2) is 0 Å². The van der Waals surface area contributed by atoms with Crippen LogP contribution in [0.1, 0.15) is 52.8 Å². The van der Waals surface area contributed by atoms with Crippen LogP contribution in [0.4, 0.5) is 0 Å². The van der Waals surface area contributed by atoms with Crippen molar-refractivity contribution < 1.29 is 23.9 Å². The maximum Gasteiger partial charge on any atom is 0.253 e. The molecule has 2 aliphatic heterocycles.